The topological polar surface area (TPSA) is 63.1 Å². The molecule has 0 bridgehead atoms. The predicted octanol–water partition coefficient (Wildman–Crippen LogP) is 5.37. The van der Waals surface area contributed by atoms with Crippen LogP contribution in [0.25, 0.3) is 39.2 Å². The molecule has 3 aromatic heterocycles. The number of hydrogen-bond donors (Lipinski definition) is 1. The van der Waals surface area contributed by atoms with Gasteiger partial charge in [-0.15, -0.1) is 5.10 Å². The number of para-hydroxylation sites is 1. The van der Waals surface area contributed by atoms with Crippen LogP contribution in [0.1, 0.15) is 11.1 Å². The predicted molar refractivity (Wildman–Crippen MR) is 112 cm³/mol. The van der Waals surface area contributed by atoms with E-state index in [2.05, 4.69) is 15.1 Å². The lowest BCUT2D eigenvalue weighted by Crippen LogP contribution is -2.09. The normalized spacial score (nSPS) is 12.0. The van der Waals surface area contributed by atoms with Crippen LogP contribution in [-0.2, 0) is 6.18 Å². The molecule has 0 spiro atoms. The highest BCUT2D eigenvalue weighted by Gasteiger charge is 2.34. The number of H-pyrrole nitrogens is 1. The van der Waals surface area contributed by atoms with Gasteiger partial charge in [-0.25, -0.2) is 13.9 Å². The summed E-state index contributed by atoms with van der Waals surface area (Å²) in [4.78, 5) is 20.4. The van der Waals surface area contributed by atoms with Crippen molar-refractivity contribution >= 4 is 16.6 Å². The molecule has 0 saturated heterocycles. The lowest BCUT2D eigenvalue weighted by molar-refractivity contribution is -0.139. The second kappa shape index (κ2) is 7.01. The van der Waals surface area contributed by atoms with Gasteiger partial charge in [0.05, 0.1) is 11.3 Å². The maximum atomic E-state index is 14.0. The average molecular weight is 438 g/mol. The van der Waals surface area contributed by atoms with Crippen LogP contribution in [0.3, 0.4) is 0 Å². The van der Waals surface area contributed by atoms with Crippen LogP contribution < -0.4 is 5.43 Å². The van der Waals surface area contributed by atoms with Crippen molar-refractivity contribution in [3.63, 3.8) is 0 Å². The number of aromatic amines is 1. The zero-order valence-electron chi connectivity index (χ0n) is 16.5. The van der Waals surface area contributed by atoms with Gasteiger partial charge in [0, 0.05) is 28.2 Å². The molecule has 0 unspecified atom stereocenters. The second-order valence-electron chi connectivity index (χ2n) is 7.35. The maximum Gasteiger partial charge on any atom is 0.419 e. The van der Waals surface area contributed by atoms with E-state index in [-0.39, 0.29) is 11.0 Å². The van der Waals surface area contributed by atoms with Gasteiger partial charge in [-0.2, -0.15) is 13.2 Å². The Morgan fingerprint density at radius 1 is 1.00 bits per heavy atom. The molecule has 5 nitrogen and oxygen atoms in total. The summed E-state index contributed by atoms with van der Waals surface area (Å²) < 4.78 is 53.9. The first-order valence-electron chi connectivity index (χ1n) is 9.58. The number of alkyl halides is 3. The minimum Gasteiger partial charge on any atom is -0.351 e. The van der Waals surface area contributed by atoms with E-state index < -0.39 is 17.6 Å². The number of aromatic nitrogens is 4. The number of nitrogens with one attached hydrogen (secondary N) is 1. The SMILES string of the molecule is Cc1c(-c2nc3ccc(-c4ccc(C(F)(F)F)c(F)c4)cn3n2)[nH]c2ccccc2c1=O. The molecule has 0 amide bonds. The molecule has 0 aliphatic carbocycles. The average Bonchev–Trinajstić information content (AvgIpc) is 3.18. The highest BCUT2D eigenvalue weighted by atomic mass is 19.4. The Morgan fingerprint density at radius 2 is 1.75 bits per heavy atom. The summed E-state index contributed by atoms with van der Waals surface area (Å²) in [5.74, 6) is -1.06. The number of benzene rings is 2. The van der Waals surface area contributed by atoms with Crippen molar-refractivity contribution in [2.45, 2.75) is 13.1 Å². The molecule has 32 heavy (non-hydrogen) atoms. The molecule has 0 atom stereocenters. The van der Waals surface area contributed by atoms with E-state index in [4.69, 9.17) is 0 Å². The van der Waals surface area contributed by atoms with Crippen LogP contribution in [0.5, 0.6) is 0 Å². The molecule has 0 fully saturated rings. The molecule has 160 valence electrons. The largest absolute Gasteiger partial charge is 0.419 e. The fraction of sp³-hybridized carbons (Fsp3) is 0.0870. The number of fused-ring (bicyclic) bond motifs is 2. The highest BCUT2D eigenvalue weighted by molar-refractivity contribution is 5.82. The quantitative estimate of drug-likeness (QED) is 0.377. The summed E-state index contributed by atoms with van der Waals surface area (Å²) in [6.07, 6.45) is -3.22. The minimum atomic E-state index is -4.76. The Bertz CT molecular complexity index is 1570. The lowest BCUT2D eigenvalue weighted by atomic mass is 10.0. The summed E-state index contributed by atoms with van der Waals surface area (Å²) in [5.41, 5.74) is 1.33. The van der Waals surface area contributed by atoms with Crippen molar-refractivity contribution in [1.29, 1.82) is 0 Å². The van der Waals surface area contributed by atoms with Gasteiger partial charge in [-0.3, -0.25) is 4.79 Å². The number of rotatable bonds is 2. The summed E-state index contributed by atoms with van der Waals surface area (Å²) in [7, 11) is 0. The summed E-state index contributed by atoms with van der Waals surface area (Å²) >= 11 is 0. The van der Waals surface area contributed by atoms with Crippen molar-refractivity contribution in [3.05, 3.63) is 88.0 Å². The van der Waals surface area contributed by atoms with Crippen molar-refractivity contribution in [1.82, 2.24) is 19.6 Å². The second-order valence-corrected chi connectivity index (χ2v) is 7.35. The van der Waals surface area contributed by atoms with Crippen molar-refractivity contribution in [2.24, 2.45) is 0 Å². The van der Waals surface area contributed by atoms with Gasteiger partial charge in [-0.1, -0.05) is 18.2 Å². The monoisotopic (exact) mass is 438 g/mol. The molecule has 5 aromatic rings. The molecule has 5 rings (SSSR count). The first kappa shape index (κ1) is 19.9. The van der Waals surface area contributed by atoms with Gasteiger partial charge in [0.15, 0.2) is 16.9 Å². The fourth-order valence-electron chi connectivity index (χ4n) is 3.64. The van der Waals surface area contributed by atoms with Crippen LogP contribution >= 0.6 is 0 Å². The third kappa shape index (κ3) is 3.22. The molecule has 2 aromatic carbocycles. The van der Waals surface area contributed by atoms with Gasteiger partial charge in [-0.05, 0) is 48.9 Å². The molecule has 0 aliphatic rings. The first-order valence-corrected chi connectivity index (χ1v) is 9.58. The Balaban J connectivity index is 1.60. The standard InChI is InChI=1S/C23H14F4N4O/c1-12-20(28-18-5-3-2-4-15(18)21(12)32)22-29-19-9-7-14(11-31(19)30-22)13-6-8-16(17(24)10-13)23(25,26)27/h2-11H,1H3,(H,28,32). The third-order valence-electron chi connectivity index (χ3n) is 5.31. The molecule has 9 heteroatoms. The lowest BCUT2D eigenvalue weighted by Gasteiger charge is -2.09. The maximum absolute atomic E-state index is 14.0. The highest BCUT2D eigenvalue weighted by Crippen LogP contribution is 2.33. The molecular weight excluding hydrogens is 424 g/mol. The van der Waals surface area contributed by atoms with E-state index in [1.165, 1.54) is 10.6 Å². The fourth-order valence-corrected chi connectivity index (χ4v) is 3.64. The minimum absolute atomic E-state index is 0.130. The Hall–Kier alpha value is -4.01. The van der Waals surface area contributed by atoms with Crippen LogP contribution in [0.2, 0.25) is 0 Å². The van der Waals surface area contributed by atoms with E-state index in [1.54, 1.807) is 43.5 Å². The van der Waals surface area contributed by atoms with E-state index >= 15 is 0 Å². The Kier molecular flexibility index (Phi) is 4.37. The van der Waals surface area contributed by atoms with Crippen LogP contribution in [-0.4, -0.2) is 19.6 Å². The van der Waals surface area contributed by atoms with Crippen molar-refractivity contribution in [2.75, 3.05) is 0 Å². The molecule has 0 radical (unpaired) electrons. The van der Waals surface area contributed by atoms with E-state index in [1.807, 2.05) is 6.07 Å². The number of hydrogen-bond acceptors (Lipinski definition) is 3. The van der Waals surface area contributed by atoms with Gasteiger partial charge < -0.3 is 4.98 Å². The summed E-state index contributed by atoms with van der Waals surface area (Å²) in [6.45, 7) is 1.68. The first-order chi connectivity index (χ1) is 15.2. The Labute approximate surface area is 178 Å². The van der Waals surface area contributed by atoms with E-state index in [9.17, 15) is 22.4 Å². The third-order valence-corrected chi connectivity index (χ3v) is 5.31. The van der Waals surface area contributed by atoms with Gasteiger partial charge in [0.25, 0.3) is 0 Å². The van der Waals surface area contributed by atoms with Crippen molar-refractivity contribution in [3.8, 4) is 22.6 Å². The number of nitrogens with zero attached hydrogens (tertiary/aromatic N) is 3. The smallest absolute Gasteiger partial charge is 0.351 e. The van der Waals surface area contributed by atoms with Gasteiger partial charge >= 0.3 is 6.18 Å². The molecule has 0 aliphatic heterocycles. The zero-order valence-corrected chi connectivity index (χ0v) is 16.5. The molecule has 0 saturated carbocycles. The van der Waals surface area contributed by atoms with Crippen molar-refractivity contribution < 1.29 is 17.6 Å². The summed E-state index contributed by atoms with van der Waals surface area (Å²) in [6, 6.07) is 13.1. The van der Waals surface area contributed by atoms with E-state index in [0.717, 1.165) is 6.07 Å². The van der Waals surface area contributed by atoms with Crippen LogP contribution in [0.15, 0.2) is 65.6 Å². The summed E-state index contributed by atoms with van der Waals surface area (Å²) in [5, 5.41) is 4.98. The van der Waals surface area contributed by atoms with Crippen LogP contribution in [0.4, 0.5) is 17.6 Å². The zero-order chi connectivity index (χ0) is 22.6. The molecule has 1 N–H and O–H groups in total. The number of pyridine rings is 2. The molecule has 3 heterocycles. The molecular formula is C23H14F4N4O. The van der Waals surface area contributed by atoms with Crippen LogP contribution in [0, 0.1) is 12.7 Å². The van der Waals surface area contributed by atoms with Gasteiger partial charge in [0.1, 0.15) is 5.82 Å². The number of halogens is 4. The van der Waals surface area contributed by atoms with E-state index in [0.29, 0.717) is 45.3 Å². The van der Waals surface area contributed by atoms with Gasteiger partial charge in [0.2, 0.25) is 0 Å². The Morgan fingerprint density at radius 3 is 2.50 bits per heavy atom.